The van der Waals surface area contributed by atoms with Gasteiger partial charge in [0.2, 0.25) is 0 Å². The molecule has 1 unspecified atom stereocenters. The second-order valence-electron chi connectivity index (χ2n) is 10.1. The second kappa shape index (κ2) is 11.4. The number of carbonyl (C=O) groups excluding carboxylic acids is 2. The first-order chi connectivity index (χ1) is 18.5. The van der Waals surface area contributed by atoms with Crippen molar-refractivity contribution in [3.8, 4) is 17.2 Å². The molecule has 0 spiro atoms. The molecule has 0 aromatic heterocycles. The summed E-state index contributed by atoms with van der Waals surface area (Å²) in [5.41, 5.74) is -0.690. The number of carbonyl (C=O) groups is 2. The van der Waals surface area contributed by atoms with Crippen LogP contribution in [0.1, 0.15) is 66.1 Å². The minimum absolute atomic E-state index is 0.0225. The molecule has 3 aromatic carbocycles. The molecular weight excluding hydrogens is 505 g/mol. The lowest BCUT2D eigenvalue weighted by Gasteiger charge is -2.37. The van der Waals surface area contributed by atoms with Gasteiger partial charge in [0.1, 0.15) is 5.60 Å². The van der Waals surface area contributed by atoms with E-state index in [0.29, 0.717) is 24.0 Å². The molecule has 5 nitrogen and oxygen atoms in total. The van der Waals surface area contributed by atoms with Crippen LogP contribution in [0.15, 0.2) is 66.7 Å². The summed E-state index contributed by atoms with van der Waals surface area (Å²) in [5.74, 6) is -1.18. The predicted octanol–water partition coefficient (Wildman–Crippen LogP) is 6.94. The maximum atomic E-state index is 13.6. The largest absolute Gasteiger partial charge is 0.417 e. The van der Waals surface area contributed by atoms with Crippen molar-refractivity contribution in [2.45, 2.75) is 57.2 Å². The summed E-state index contributed by atoms with van der Waals surface area (Å²) in [6.45, 7) is 1.49. The molecule has 1 aliphatic rings. The molecule has 1 saturated carbocycles. The third-order valence-corrected chi connectivity index (χ3v) is 7.40. The van der Waals surface area contributed by atoms with E-state index >= 15 is 0 Å². The van der Waals surface area contributed by atoms with Gasteiger partial charge in [0.25, 0.3) is 5.91 Å². The van der Waals surface area contributed by atoms with Gasteiger partial charge in [-0.15, -0.1) is 0 Å². The SMILES string of the molecule is CC(=O)c1ccc(-c2cccc(CC(O)(C(=O)Nc3ccc(C#N)c(C(F)(F)F)c3)C3CCCCC3)c2)cc1. The van der Waals surface area contributed by atoms with E-state index < -0.39 is 28.8 Å². The fourth-order valence-electron chi connectivity index (χ4n) is 5.25. The number of nitrogens with zero attached hydrogens (tertiary/aromatic N) is 1. The maximum absolute atomic E-state index is 13.6. The number of benzene rings is 3. The Hall–Kier alpha value is -3.96. The van der Waals surface area contributed by atoms with Crippen molar-refractivity contribution in [3.63, 3.8) is 0 Å². The van der Waals surface area contributed by atoms with Gasteiger partial charge in [-0.1, -0.05) is 67.8 Å². The summed E-state index contributed by atoms with van der Waals surface area (Å²) < 4.78 is 40.4. The number of aliphatic hydroxyl groups is 1. The standard InChI is InChI=1S/C31H29F3N2O3/c1-20(37)22-10-12-23(13-11-22)24-7-5-6-21(16-24)18-30(39,26-8-3-2-4-9-26)29(38)36-27-15-14-25(19-35)28(17-27)31(32,33)34/h5-7,10-17,26,39H,2-4,8-9,18H2,1H3,(H,36,38). The number of Topliss-reactive ketones (excluding diaryl/α,β-unsaturated/α-hetero) is 1. The van der Waals surface area contributed by atoms with E-state index in [-0.39, 0.29) is 23.8 Å². The van der Waals surface area contributed by atoms with E-state index in [9.17, 15) is 27.9 Å². The number of rotatable bonds is 7. The lowest BCUT2D eigenvalue weighted by molar-refractivity contribution is -0.142. The maximum Gasteiger partial charge on any atom is 0.417 e. The molecule has 0 saturated heterocycles. The van der Waals surface area contributed by atoms with E-state index in [1.807, 2.05) is 30.3 Å². The van der Waals surface area contributed by atoms with Gasteiger partial charge in [-0.3, -0.25) is 9.59 Å². The lowest BCUT2D eigenvalue weighted by Crippen LogP contribution is -2.51. The van der Waals surface area contributed by atoms with Crippen molar-refractivity contribution in [1.82, 2.24) is 0 Å². The highest BCUT2D eigenvalue weighted by Crippen LogP contribution is 2.38. The molecule has 202 valence electrons. The Labute approximate surface area is 225 Å². The van der Waals surface area contributed by atoms with Gasteiger partial charge < -0.3 is 10.4 Å². The van der Waals surface area contributed by atoms with Crippen molar-refractivity contribution < 1.29 is 27.9 Å². The second-order valence-corrected chi connectivity index (χ2v) is 10.1. The summed E-state index contributed by atoms with van der Waals surface area (Å²) in [5, 5.41) is 23.4. The van der Waals surface area contributed by atoms with Crippen molar-refractivity contribution in [3.05, 3.63) is 89.0 Å². The van der Waals surface area contributed by atoms with Crippen LogP contribution in [0.4, 0.5) is 18.9 Å². The van der Waals surface area contributed by atoms with Crippen molar-refractivity contribution in [1.29, 1.82) is 5.26 Å². The minimum Gasteiger partial charge on any atom is -0.379 e. The molecule has 8 heteroatoms. The number of alkyl halides is 3. The molecule has 1 aliphatic carbocycles. The van der Waals surface area contributed by atoms with E-state index in [1.54, 1.807) is 18.2 Å². The number of hydrogen-bond donors (Lipinski definition) is 2. The van der Waals surface area contributed by atoms with Gasteiger partial charge >= 0.3 is 6.18 Å². The van der Waals surface area contributed by atoms with Crippen LogP contribution in [-0.4, -0.2) is 22.4 Å². The number of nitrogens with one attached hydrogen (secondary N) is 1. The Balaban J connectivity index is 1.64. The van der Waals surface area contributed by atoms with Gasteiger partial charge in [-0.05, 0) is 60.6 Å². The van der Waals surface area contributed by atoms with Gasteiger partial charge in [-0.25, -0.2) is 0 Å². The van der Waals surface area contributed by atoms with Crippen LogP contribution in [0.2, 0.25) is 0 Å². The summed E-state index contributed by atoms with van der Waals surface area (Å²) in [4.78, 5) is 25.2. The Bertz CT molecular complexity index is 1400. The zero-order valence-electron chi connectivity index (χ0n) is 21.5. The van der Waals surface area contributed by atoms with E-state index in [1.165, 1.54) is 19.1 Å². The predicted molar refractivity (Wildman–Crippen MR) is 142 cm³/mol. The van der Waals surface area contributed by atoms with Crippen LogP contribution < -0.4 is 5.32 Å². The van der Waals surface area contributed by atoms with E-state index in [0.717, 1.165) is 42.5 Å². The van der Waals surface area contributed by atoms with Crippen LogP contribution in [0.3, 0.4) is 0 Å². The summed E-state index contributed by atoms with van der Waals surface area (Å²) in [6.07, 6.45) is -0.866. The third kappa shape index (κ3) is 6.37. The summed E-state index contributed by atoms with van der Waals surface area (Å²) >= 11 is 0. The molecule has 0 radical (unpaired) electrons. The average Bonchev–Trinajstić information content (AvgIpc) is 2.93. The molecule has 0 heterocycles. The highest BCUT2D eigenvalue weighted by molar-refractivity contribution is 5.98. The van der Waals surface area contributed by atoms with Crippen LogP contribution in [0.5, 0.6) is 0 Å². The zero-order chi connectivity index (χ0) is 28.2. The van der Waals surface area contributed by atoms with Crippen LogP contribution >= 0.6 is 0 Å². The molecular formula is C31H29F3N2O3. The van der Waals surface area contributed by atoms with Crippen molar-refractivity contribution in [2.24, 2.45) is 5.92 Å². The first kappa shape index (κ1) is 28.1. The minimum atomic E-state index is -4.77. The molecule has 3 aromatic rings. The fourth-order valence-corrected chi connectivity index (χ4v) is 5.25. The normalized spacial score (nSPS) is 15.7. The quantitative estimate of drug-likeness (QED) is 0.321. The van der Waals surface area contributed by atoms with Gasteiger partial charge in [0.15, 0.2) is 5.78 Å². The van der Waals surface area contributed by atoms with Gasteiger partial charge in [0.05, 0.1) is 17.2 Å². The third-order valence-electron chi connectivity index (χ3n) is 7.40. The molecule has 1 amide bonds. The van der Waals surface area contributed by atoms with Crippen LogP contribution in [0.25, 0.3) is 11.1 Å². The Kier molecular flexibility index (Phi) is 8.22. The number of hydrogen-bond acceptors (Lipinski definition) is 4. The smallest absolute Gasteiger partial charge is 0.379 e. The van der Waals surface area contributed by atoms with Crippen LogP contribution in [0, 0.1) is 17.2 Å². The first-order valence-corrected chi connectivity index (χ1v) is 12.9. The number of nitriles is 1. The topological polar surface area (TPSA) is 90.2 Å². The number of amides is 1. The number of anilines is 1. The molecule has 0 aliphatic heterocycles. The molecule has 1 atom stereocenters. The Morgan fingerprint density at radius 2 is 1.67 bits per heavy atom. The van der Waals surface area contributed by atoms with E-state index in [2.05, 4.69) is 5.32 Å². The lowest BCUT2D eigenvalue weighted by atomic mass is 9.73. The summed E-state index contributed by atoms with van der Waals surface area (Å²) in [6, 6.07) is 19.0. The van der Waals surface area contributed by atoms with Gasteiger partial charge in [-0.2, -0.15) is 18.4 Å². The van der Waals surface area contributed by atoms with E-state index in [4.69, 9.17) is 5.26 Å². The highest BCUT2D eigenvalue weighted by atomic mass is 19.4. The number of halogens is 3. The Morgan fingerprint density at radius 3 is 2.28 bits per heavy atom. The molecule has 4 rings (SSSR count). The molecule has 0 bridgehead atoms. The van der Waals surface area contributed by atoms with Crippen molar-refractivity contribution >= 4 is 17.4 Å². The molecule has 1 fully saturated rings. The molecule has 2 N–H and O–H groups in total. The highest BCUT2D eigenvalue weighted by Gasteiger charge is 2.44. The monoisotopic (exact) mass is 534 g/mol. The zero-order valence-corrected chi connectivity index (χ0v) is 21.5. The van der Waals surface area contributed by atoms with Crippen LogP contribution in [-0.2, 0) is 17.4 Å². The summed E-state index contributed by atoms with van der Waals surface area (Å²) in [7, 11) is 0. The van der Waals surface area contributed by atoms with Crippen molar-refractivity contribution in [2.75, 3.05) is 5.32 Å². The Morgan fingerprint density at radius 1 is 0.974 bits per heavy atom. The van der Waals surface area contributed by atoms with Gasteiger partial charge in [0, 0.05) is 17.7 Å². The molecule has 39 heavy (non-hydrogen) atoms. The fraction of sp³-hybridized carbons (Fsp3) is 0.323. The number of ketones is 1. The first-order valence-electron chi connectivity index (χ1n) is 12.9. The average molecular weight is 535 g/mol.